The number of para-hydroxylation sites is 1. The highest BCUT2D eigenvalue weighted by atomic mass is 16.5. The first-order valence-electron chi connectivity index (χ1n) is 6.38. The molecule has 3 heteroatoms. The van der Waals surface area contributed by atoms with Gasteiger partial charge in [0.25, 0.3) is 0 Å². The molecule has 0 radical (unpaired) electrons. The molecular formula is C17H16N2O. The molecule has 20 heavy (non-hydrogen) atoms. The fraction of sp³-hybridized carbons (Fsp3) is 0.118. The molecule has 1 atom stereocenters. The lowest BCUT2D eigenvalue weighted by Gasteiger charge is -2.13. The van der Waals surface area contributed by atoms with E-state index in [-0.39, 0.29) is 6.04 Å². The molecule has 0 aliphatic rings. The van der Waals surface area contributed by atoms with E-state index in [0.717, 1.165) is 17.0 Å². The summed E-state index contributed by atoms with van der Waals surface area (Å²) < 4.78 is 5.42. The van der Waals surface area contributed by atoms with Crippen LogP contribution in [0.15, 0.2) is 67.3 Å². The molecule has 0 aliphatic carbocycles. The van der Waals surface area contributed by atoms with Gasteiger partial charge in [-0.05, 0) is 29.8 Å². The molecule has 100 valence electrons. The van der Waals surface area contributed by atoms with Gasteiger partial charge in [0.05, 0.1) is 6.07 Å². The van der Waals surface area contributed by atoms with Gasteiger partial charge in [0.2, 0.25) is 0 Å². The molecule has 3 nitrogen and oxygen atoms in total. The Hall–Kier alpha value is -2.73. The van der Waals surface area contributed by atoms with Gasteiger partial charge in [-0.2, -0.15) is 5.26 Å². The predicted molar refractivity (Wildman–Crippen MR) is 80.6 cm³/mol. The summed E-state index contributed by atoms with van der Waals surface area (Å²) >= 11 is 0. The first-order valence-corrected chi connectivity index (χ1v) is 6.38. The third kappa shape index (κ3) is 3.63. The van der Waals surface area contributed by atoms with Crippen LogP contribution in [0.4, 0.5) is 5.69 Å². The zero-order valence-corrected chi connectivity index (χ0v) is 11.1. The minimum absolute atomic E-state index is 0.383. The highest BCUT2D eigenvalue weighted by Gasteiger charge is 2.09. The smallest absolute Gasteiger partial charge is 0.140 e. The Bertz CT molecular complexity index is 585. The lowest BCUT2D eigenvalue weighted by atomic mass is 10.1. The van der Waals surface area contributed by atoms with E-state index < -0.39 is 0 Å². The van der Waals surface area contributed by atoms with Crippen molar-refractivity contribution in [2.45, 2.75) is 6.04 Å². The van der Waals surface area contributed by atoms with Gasteiger partial charge in [-0.15, -0.1) is 0 Å². The molecule has 0 heterocycles. The summed E-state index contributed by atoms with van der Waals surface area (Å²) in [6, 6.07) is 19.1. The zero-order chi connectivity index (χ0) is 14.2. The monoisotopic (exact) mass is 264 g/mol. The van der Waals surface area contributed by atoms with Crippen molar-refractivity contribution in [1.29, 1.82) is 5.26 Å². The first-order chi connectivity index (χ1) is 9.83. The summed E-state index contributed by atoms with van der Waals surface area (Å²) in [6.45, 7) is 4.08. The van der Waals surface area contributed by atoms with Crippen LogP contribution in [-0.4, -0.2) is 6.61 Å². The van der Waals surface area contributed by atoms with Crippen molar-refractivity contribution < 1.29 is 4.74 Å². The SMILES string of the molecule is C=CCOc1ccc(C(C#N)Nc2ccccc2)cc1. The quantitative estimate of drug-likeness (QED) is 0.804. The number of hydrogen-bond acceptors (Lipinski definition) is 3. The lowest BCUT2D eigenvalue weighted by Crippen LogP contribution is -2.08. The predicted octanol–water partition coefficient (Wildman–Crippen LogP) is 3.93. The molecule has 2 rings (SSSR count). The van der Waals surface area contributed by atoms with Gasteiger partial charge in [0.1, 0.15) is 18.4 Å². The number of nitrogens with zero attached hydrogens (tertiary/aromatic N) is 1. The largest absolute Gasteiger partial charge is 0.490 e. The van der Waals surface area contributed by atoms with Crippen LogP contribution in [0.5, 0.6) is 5.75 Å². The molecule has 0 amide bonds. The normalized spacial score (nSPS) is 11.2. The number of anilines is 1. The minimum atomic E-state index is -0.383. The molecule has 0 spiro atoms. The van der Waals surface area contributed by atoms with Crippen LogP contribution in [0.1, 0.15) is 11.6 Å². The van der Waals surface area contributed by atoms with E-state index in [2.05, 4.69) is 18.0 Å². The van der Waals surface area contributed by atoms with Crippen LogP contribution in [-0.2, 0) is 0 Å². The van der Waals surface area contributed by atoms with E-state index in [9.17, 15) is 5.26 Å². The summed E-state index contributed by atoms with van der Waals surface area (Å²) in [4.78, 5) is 0. The van der Waals surface area contributed by atoms with Gasteiger partial charge in [0, 0.05) is 5.69 Å². The third-order valence-electron chi connectivity index (χ3n) is 2.80. The maximum Gasteiger partial charge on any atom is 0.140 e. The topological polar surface area (TPSA) is 45.0 Å². The van der Waals surface area contributed by atoms with Crippen LogP contribution >= 0.6 is 0 Å². The van der Waals surface area contributed by atoms with Gasteiger partial charge in [-0.25, -0.2) is 0 Å². The van der Waals surface area contributed by atoms with Crippen molar-refractivity contribution in [2.75, 3.05) is 11.9 Å². The number of benzene rings is 2. The minimum Gasteiger partial charge on any atom is -0.490 e. The molecule has 0 saturated heterocycles. The van der Waals surface area contributed by atoms with Crippen LogP contribution in [0, 0.1) is 11.3 Å². The van der Waals surface area contributed by atoms with Crippen molar-refractivity contribution >= 4 is 5.69 Å². The van der Waals surface area contributed by atoms with E-state index in [0.29, 0.717) is 6.61 Å². The Labute approximate surface area is 119 Å². The Morgan fingerprint density at radius 2 is 1.85 bits per heavy atom. The summed E-state index contributed by atoms with van der Waals surface area (Å²) in [5.74, 6) is 0.769. The van der Waals surface area contributed by atoms with E-state index in [1.165, 1.54) is 0 Å². The van der Waals surface area contributed by atoms with Crippen molar-refractivity contribution in [3.63, 3.8) is 0 Å². The average molecular weight is 264 g/mol. The highest BCUT2D eigenvalue weighted by Crippen LogP contribution is 2.21. The van der Waals surface area contributed by atoms with E-state index in [1.807, 2.05) is 54.6 Å². The number of nitriles is 1. The maximum atomic E-state index is 9.29. The second-order valence-electron chi connectivity index (χ2n) is 4.24. The van der Waals surface area contributed by atoms with Gasteiger partial charge in [0.15, 0.2) is 0 Å². The number of ether oxygens (including phenoxy) is 1. The fourth-order valence-electron chi connectivity index (χ4n) is 1.80. The van der Waals surface area contributed by atoms with Gasteiger partial charge < -0.3 is 10.1 Å². The summed E-state index contributed by atoms with van der Waals surface area (Å²) in [6.07, 6.45) is 1.70. The Morgan fingerprint density at radius 3 is 2.45 bits per heavy atom. The molecule has 0 saturated carbocycles. The highest BCUT2D eigenvalue weighted by molar-refractivity contribution is 5.47. The summed E-state index contributed by atoms with van der Waals surface area (Å²) in [5.41, 5.74) is 1.83. The maximum absolute atomic E-state index is 9.29. The second-order valence-corrected chi connectivity index (χ2v) is 4.24. The van der Waals surface area contributed by atoms with Crippen LogP contribution in [0.3, 0.4) is 0 Å². The van der Waals surface area contributed by atoms with Crippen LogP contribution in [0.25, 0.3) is 0 Å². The molecule has 0 aliphatic heterocycles. The fourth-order valence-corrected chi connectivity index (χ4v) is 1.80. The lowest BCUT2D eigenvalue weighted by molar-refractivity contribution is 0.363. The third-order valence-corrected chi connectivity index (χ3v) is 2.80. The standard InChI is InChI=1S/C17H16N2O/c1-2-12-20-16-10-8-14(9-11-16)17(13-18)19-15-6-4-3-5-7-15/h2-11,17,19H,1,12H2. The number of rotatable bonds is 6. The average Bonchev–Trinajstić information content (AvgIpc) is 2.52. The zero-order valence-electron chi connectivity index (χ0n) is 11.1. The van der Waals surface area contributed by atoms with E-state index in [4.69, 9.17) is 4.74 Å². The second kappa shape index (κ2) is 7.01. The molecule has 2 aromatic rings. The molecule has 0 aromatic heterocycles. The molecule has 1 N–H and O–H groups in total. The van der Waals surface area contributed by atoms with Gasteiger partial charge in [-0.1, -0.05) is 43.0 Å². The first kappa shape index (κ1) is 13.7. The van der Waals surface area contributed by atoms with E-state index in [1.54, 1.807) is 6.08 Å². The van der Waals surface area contributed by atoms with Gasteiger partial charge >= 0.3 is 0 Å². The molecule has 0 bridgehead atoms. The Kier molecular flexibility index (Phi) is 4.80. The molecule has 0 fully saturated rings. The summed E-state index contributed by atoms with van der Waals surface area (Å²) in [5, 5.41) is 12.5. The molecule has 1 unspecified atom stereocenters. The van der Waals surface area contributed by atoms with Crippen molar-refractivity contribution in [1.82, 2.24) is 0 Å². The van der Waals surface area contributed by atoms with Crippen molar-refractivity contribution in [2.24, 2.45) is 0 Å². The number of nitrogens with one attached hydrogen (secondary N) is 1. The van der Waals surface area contributed by atoms with Crippen LogP contribution in [0.2, 0.25) is 0 Å². The summed E-state index contributed by atoms with van der Waals surface area (Å²) in [7, 11) is 0. The van der Waals surface area contributed by atoms with E-state index >= 15 is 0 Å². The van der Waals surface area contributed by atoms with Crippen molar-refractivity contribution in [3.8, 4) is 11.8 Å². The van der Waals surface area contributed by atoms with Gasteiger partial charge in [-0.3, -0.25) is 0 Å². The van der Waals surface area contributed by atoms with Crippen molar-refractivity contribution in [3.05, 3.63) is 72.8 Å². The Balaban J connectivity index is 2.08. The molecular weight excluding hydrogens is 248 g/mol. The molecule has 2 aromatic carbocycles. The Morgan fingerprint density at radius 1 is 1.15 bits per heavy atom. The van der Waals surface area contributed by atoms with Crippen LogP contribution < -0.4 is 10.1 Å². The number of hydrogen-bond donors (Lipinski definition) is 1.